The molecule has 23 heavy (non-hydrogen) atoms. The molecule has 5 heteroatoms. The van der Waals surface area contributed by atoms with Crippen molar-refractivity contribution in [1.82, 2.24) is 9.80 Å². The van der Waals surface area contributed by atoms with Crippen LogP contribution in [0.25, 0.3) is 0 Å². The van der Waals surface area contributed by atoms with Crippen LogP contribution >= 0.6 is 0 Å². The first-order chi connectivity index (χ1) is 11.0. The zero-order chi connectivity index (χ0) is 16.7. The summed E-state index contributed by atoms with van der Waals surface area (Å²) in [6.07, 6.45) is 1.73. The summed E-state index contributed by atoms with van der Waals surface area (Å²) >= 11 is 0. The third-order valence-corrected chi connectivity index (χ3v) is 4.40. The Balaban J connectivity index is 1.75. The summed E-state index contributed by atoms with van der Waals surface area (Å²) in [6.45, 7) is 2.96. The summed E-state index contributed by atoms with van der Waals surface area (Å²) in [7, 11) is 5.87. The second-order valence-corrected chi connectivity index (χ2v) is 6.48. The van der Waals surface area contributed by atoms with E-state index in [2.05, 4.69) is 19.0 Å². The van der Waals surface area contributed by atoms with E-state index < -0.39 is 0 Å². The van der Waals surface area contributed by atoms with E-state index in [0.29, 0.717) is 6.61 Å². The lowest BCUT2D eigenvalue weighted by Crippen LogP contribution is -2.52. The number of likely N-dealkylation sites (N-methyl/N-ethyl adjacent to an activating group) is 1. The Morgan fingerprint density at radius 1 is 1.22 bits per heavy atom. The van der Waals surface area contributed by atoms with Crippen LogP contribution < -0.4 is 0 Å². The van der Waals surface area contributed by atoms with Gasteiger partial charge in [0, 0.05) is 26.7 Å². The molecular formula is C18H28N2O3. The molecule has 1 aromatic rings. The van der Waals surface area contributed by atoms with Crippen molar-refractivity contribution in [2.24, 2.45) is 0 Å². The molecule has 1 heterocycles. The van der Waals surface area contributed by atoms with E-state index in [1.54, 1.807) is 7.11 Å². The third kappa shape index (κ3) is 5.30. The van der Waals surface area contributed by atoms with Crippen molar-refractivity contribution in [3.05, 3.63) is 35.9 Å². The fourth-order valence-corrected chi connectivity index (χ4v) is 3.09. The lowest BCUT2D eigenvalue weighted by molar-refractivity contribution is -0.142. The maximum atomic E-state index is 12.3. The van der Waals surface area contributed by atoms with Gasteiger partial charge in [0.05, 0.1) is 12.2 Å². The molecule has 0 saturated carbocycles. The number of carbonyl (C=O) groups excluding carboxylic acids is 1. The Hall–Kier alpha value is -1.43. The van der Waals surface area contributed by atoms with Crippen LogP contribution in [0.3, 0.4) is 0 Å². The number of rotatable bonds is 7. The molecule has 0 bridgehead atoms. The number of hydrogen-bond donors (Lipinski definition) is 0. The van der Waals surface area contributed by atoms with Crippen LogP contribution in [0.5, 0.6) is 0 Å². The first-order valence-electron chi connectivity index (χ1n) is 8.14. The van der Waals surface area contributed by atoms with Crippen molar-refractivity contribution >= 4 is 5.91 Å². The predicted molar refractivity (Wildman–Crippen MR) is 90.2 cm³/mol. The van der Waals surface area contributed by atoms with Gasteiger partial charge in [0.1, 0.15) is 6.61 Å². The predicted octanol–water partition coefficient (Wildman–Crippen LogP) is 1.77. The molecule has 0 spiro atoms. The van der Waals surface area contributed by atoms with Crippen LogP contribution in [0.15, 0.2) is 30.3 Å². The number of benzene rings is 1. The van der Waals surface area contributed by atoms with Crippen molar-refractivity contribution in [3.63, 3.8) is 0 Å². The molecule has 2 rings (SSSR count). The van der Waals surface area contributed by atoms with Gasteiger partial charge in [-0.1, -0.05) is 30.3 Å². The third-order valence-electron chi connectivity index (χ3n) is 4.40. The van der Waals surface area contributed by atoms with Crippen LogP contribution in [0.1, 0.15) is 18.4 Å². The molecule has 0 radical (unpaired) electrons. The number of piperidine rings is 1. The van der Waals surface area contributed by atoms with Crippen LogP contribution in [0.2, 0.25) is 0 Å². The fraction of sp³-hybridized carbons (Fsp3) is 0.611. The van der Waals surface area contributed by atoms with Gasteiger partial charge in [-0.3, -0.25) is 4.79 Å². The number of amides is 1. The highest BCUT2D eigenvalue weighted by atomic mass is 16.5. The van der Waals surface area contributed by atoms with Crippen molar-refractivity contribution in [2.45, 2.75) is 25.0 Å². The highest BCUT2D eigenvalue weighted by molar-refractivity contribution is 5.77. The molecular weight excluding hydrogens is 292 g/mol. The second-order valence-electron chi connectivity index (χ2n) is 6.48. The van der Waals surface area contributed by atoms with Crippen molar-refractivity contribution in [1.29, 1.82) is 0 Å². The van der Waals surface area contributed by atoms with Crippen molar-refractivity contribution in [3.8, 4) is 0 Å². The quantitative estimate of drug-likeness (QED) is 0.768. The fourth-order valence-electron chi connectivity index (χ4n) is 3.09. The molecule has 5 nitrogen and oxygen atoms in total. The van der Waals surface area contributed by atoms with Crippen molar-refractivity contribution in [2.75, 3.05) is 47.4 Å². The second kappa shape index (κ2) is 8.43. The van der Waals surface area contributed by atoms with Crippen molar-refractivity contribution < 1.29 is 14.3 Å². The zero-order valence-corrected chi connectivity index (χ0v) is 14.5. The number of methoxy groups -OCH3 is 1. The van der Waals surface area contributed by atoms with Gasteiger partial charge in [0.25, 0.3) is 0 Å². The van der Waals surface area contributed by atoms with Gasteiger partial charge in [-0.15, -0.1) is 0 Å². The molecule has 1 aromatic carbocycles. The van der Waals surface area contributed by atoms with E-state index >= 15 is 0 Å². The summed E-state index contributed by atoms with van der Waals surface area (Å²) in [4.78, 5) is 16.3. The highest BCUT2D eigenvalue weighted by Gasteiger charge is 2.36. The minimum Gasteiger partial charge on any atom is -0.377 e. The number of carbonyl (C=O) groups is 1. The summed E-state index contributed by atoms with van der Waals surface area (Å²) in [5, 5.41) is 0. The summed E-state index contributed by atoms with van der Waals surface area (Å²) in [6, 6.07) is 9.91. The molecule has 128 valence electrons. The molecule has 1 aliphatic heterocycles. The molecule has 1 saturated heterocycles. The molecule has 0 unspecified atom stereocenters. The number of nitrogens with zero attached hydrogens (tertiary/aromatic N) is 2. The number of hydrogen-bond acceptors (Lipinski definition) is 4. The average Bonchev–Trinajstić information content (AvgIpc) is 2.56. The van der Waals surface area contributed by atoms with Gasteiger partial charge in [-0.05, 0) is 32.5 Å². The Labute approximate surface area is 139 Å². The minimum atomic E-state index is -0.134. The Kier molecular flexibility index (Phi) is 6.57. The SMILES string of the molecule is COC1(CN(C)C)CCN(C(=O)COCc2ccccc2)CC1. The summed E-state index contributed by atoms with van der Waals surface area (Å²) < 4.78 is 11.3. The minimum absolute atomic E-state index is 0.0653. The molecule has 0 N–H and O–H groups in total. The maximum Gasteiger partial charge on any atom is 0.248 e. The van der Waals surface area contributed by atoms with Crippen LogP contribution in [0.4, 0.5) is 0 Å². The van der Waals surface area contributed by atoms with E-state index in [-0.39, 0.29) is 18.1 Å². The molecule has 0 aliphatic carbocycles. The van der Waals surface area contributed by atoms with E-state index in [9.17, 15) is 4.79 Å². The first kappa shape index (κ1) is 17.9. The van der Waals surface area contributed by atoms with Crippen LogP contribution in [-0.2, 0) is 20.9 Å². The Bertz CT molecular complexity index is 482. The molecule has 1 aliphatic rings. The highest BCUT2D eigenvalue weighted by Crippen LogP contribution is 2.26. The van der Waals surface area contributed by atoms with E-state index in [4.69, 9.17) is 9.47 Å². The van der Waals surface area contributed by atoms with Crippen LogP contribution in [-0.4, -0.2) is 68.8 Å². The number of ether oxygens (including phenoxy) is 2. The molecule has 0 atom stereocenters. The lowest BCUT2D eigenvalue weighted by atomic mass is 9.90. The average molecular weight is 320 g/mol. The largest absolute Gasteiger partial charge is 0.377 e. The van der Waals surface area contributed by atoms with Crippen LogP contribution in [0, 0.1) is 0 Å². The molecule has 0 aromatic heterocycles. The first-order valence-corrected chi connectivity index (χ1v) is 8.14. The Morgan fingerprint density at radius 2 is 1.87 bits per heavy atom. The smallest absolute Gasteiger partial charge is 0.248 e. The number of likely N-dealkylation sites (tertiary alicyclic amines) is 1. The maximum absolute atomic E-state index is 12.3. The molecule has 1 fully saturated rings. The summed E-state index contributed by atoms with van der Waals surface area (Å²) in [5.74, 6) is 0.0653. The van der Waals surface area contributed by atoms with E-state index in [1.165, 1.54) is 0 Å². The van der Waals surface area contributed by atoms with Gasteiger partial charge < -0.3 is 19.3 Å². The topological polar surface area (TPSA) is 42.0 Å². The van der Waals surface area contributed by atoms with Gasteiger partial charge >= 0.3 is 0 Å². The van der Waals surface area contributed by atoms with Gasteiger partial charge in [-0.2, -0.15) is 0 Å². The summed E-state index contributed by atoms with van der Waals surface area (Å²) in [5.41, 5.74) is 0.953. The van der Waals surface area contributed by atoms with E-state index in [0.717, 1.165) is 38.0 Å². The normalized spacial score (nSPS) is 17.5. The Morgan fingerprint density at radius 3 is 2.43 bits per heavy atom. The molecule has 1 amide bonds. The lowest BCUT2D eigenvalue weighted by Gasteiger charge is -2.42. The van der Waals surface area contributed by atoms with E-state index in [1.807, 2.05) is 35.2 Å². The van der Waals surface area contributed by atoms with Gasteiger partial charge in [0.2, 0.25) is 5.91 Å². The monoisotopic (exact) mass is 320 g/mol. The van der Waals surface area contributed by atoms with Gasteiger partial charge in [-0.25, -0.2) is 0 Å². The zero-order valence-electron chi connectivity index (χ0n) is 14.5. The standard InChI is InChI=1S/C18H28N2O3/c1-19(2)15-18(22-3)9-11-20(12-10-18)17(21)14-23-13-16-7-5-4-6-8-16/h4-8H,9-15H2,1-3H3. The van der Waals surface area contributed by atoms with Gasteiger partial charge in [0.15, 0.2) is 0 Å².